The Morgan fingerprint density at radius 2 is 1.69 bits per heavy atom. The molecule has 0 saturated heterocycles. The molecule has 0 spiro atoms. The lowest BCUT2D eigenvalue weighted by Gasteiger charge is -2.22. The lowest BCUT2D eigenvalue weighted by molar-refractivity contribution is -0.117. The Kier molecular flexibility index (Phi) is 4.27. The summed E-state index contributed by atoms with van der Waals surface area (Å²) in [7, 11) is 0. The van der Waals surface area contributed by atoms with Gasteiger partial charge in [-0.25, -0.2) is 0 Å². The normalized spacial score (nSPS) is 13.9. The van der Waals surface area contributed by atoms with Gasteiger partial charge in [-0.2, -0.15) is 0 Å². The number of amides is 2. The standard InChI is InChI=1S/C21H18N2O3/c24-20-14-22-21(25)17-9-3-4-10-18(17)23(20)12-13-26-19-11-5-7-15-6-1-2-8-16(15)19/h1-11H,12-14H2,(H,22,25). The smallest absolute Gasteiger partial charge is 0.253 e. The van der Waals surface area contributed by atoms with Crippen molar-refractivity contribution in [2.24, 2.45) is 0 Å². The van der Waals surface area contributed by atoms with E-state index in [-0.39, 0.29) is 18.4 Å². The summed E-state index contributed by atoms with van der Waals surface area (Å²) in [5.41, 5.74) is 1.12. The van der Waals surface area contributed by atoms with E-state index in [4.69, 9.17) is 4.74 Å². The molecule has 1 N–H and O–H groups in total. The molecule has 0 unspecified atom stereocenters. The summed E-state index contributed by atoms with van der Waals surface area (Å²) < 4.78 is 5.95. The first-order valence-electron chi connectivity index (χ1n) is 8.52. The average molecular weight is 346 g/mol. The van der Waals surface area contributed by atoms with E-state index in [2.05, 4.69) is 5.32 Å². The van der Waals surface area contributed by atoms with Gasteiger partial charge >= 0.3 is 0 Å². The number of carbonyl (C=O) groups is 2. The minimum Gasteiger partial charge on any atom is -0.491 e. The second-order valence-electron chi connectivity index (χ2n) is 6.07. The number of carbonyl (C=O) groups excluding carboxylic acids is 2. The maximum atomic E-state index is 12.4. The Labute approximate surface area is 151 Å². The van der Waals surface area contributed by atoms with Gasteiger partial charge in [-0.3, -0.25) is 9.59 Å². The minimum atomic E-state index is -0.230. The number of hydrogen-bond donors (Lipinski definition) is 1. The second kappa shape index (κ2) is 6.88. The molecular weight excluding hydrogens is 328 g/mol. The van der Waals surface area contributed by atoms with E-state index in [0.29, 0.717) is 24.4 Å². The van der Waals surface area contributed by atoms with Crippen molar-refractivity contribution in [1.82, 2.24) is 5.32 Å². The lowest BCUT2D eigenvalue weighted by atomic mass is 10.1. The SMILES string of the molecule is O=C1NCC(=O)N(CCOc2cccc3ccccc23)c2ccccc21. The molecule has 0 saturated carbocycles. The van der Waals surface area contributed by atoms with Crippen LogP contribution in [-0.4, -0.2) is 31.5 Å². The molecule has 1 aliphatic rings. The number of benzene rings is 3. The fourth-order valence-electron chi connectivity index (χ4n) is 3.20. The van der Waals surface area contributed by atoms with E-state index >= 15 is 0 Å². The number of fused-ring (bicyclic) bond motifs is 2. The van der Waals surface area contributed by atoms with Crippen molar-refractivity contribution < 1.29 is 14.3 Å². The largest absolute Gasteiger partial charge is 0.491 e. The van der Waals surface area contributed by atoms with Crippen molar-refractivity contribution in [3.63, 3.8) is 0 Å². The van der Waals surface area contributed by atoms with Crippen LogP contribution in [0.1, 0.15) is 10.4 Å². The fraction of sp³-hybridized carbons (Fsp3) is 0.143. The molecule has 0 bridgehead atoms. The zero-order valence-electron chi connectivity index (χ0n) is 14.1. The zero-order valence-corrected chi connectivity index (χ0v) is 14.1. The minimum absolute atomic E-state index is 0.0121. The molecule has 1 aliphatic heterocycles. The third-order valence-corrected chi connectivity index (χ3v) is 4.46. The first-order valence-corrected chi connectivity index (χ1v) is 8.52. The van der Waals surface area contributed by atoms with Gasteiger partial charge in [0.2, 0.25) is 5.91 Å². The van der Waals surface area contributed by atoms with Crippen molar-refractivity contribution in [2.45, 2.75) is 0 Å². The van der Waals surface area contributed by atoms with Crippen molar-refractivity contribution in [1.29, 1.82) is 0 Å². The van der Waals surface area contributed by atoms with Crippen molar-refractivity contribution in [3.8, 4) is 5.75 Å². The number of nitrogens with zero attached hydrogens (tertiary/aromatic N) is 1. The van der Waals surface area contributed by atoms with Gasteiger partial charge in [-0.1, -0.05) is 48.5 Å². The van der Waals surface area contributed by atoms with E-state index in [1.807, 2.05) is 48.5 Å². The molecular formula is C21H18N2O3. The number of rotatable bonds is 4. The molecule has 0 aliphatic carbocycles. The molecule has 2 amide bonds. The monoisotopic (exact) mass is 346 g/mol. The second-order valence-corrected chi connectivity index (χ2v) is 6.07. The Balaban J connectivity index is 1.54. The van der Waals surface area contributed by atoms with Gasteiger partial charge in [0.05, 0.1) is 24.3 Å². The van der Waals surface area contributed by atoms with Crippen molar-refractivity contribution in [2.75, 3.05) is 24.6 Å². The van der Waals surface area contributed by atoms with Gasteiger partial charge in [-0.15, -0.1) is 0 Å². The molecule has 3 aromatic carbocycles. The number of ether oxygens (including phenoxy) is 1. The molecule has 26 heavy (non-hydrogen) atoms. The van der Waals surface area contributed by atoms with Crippen LogP contribution in [0.15, 0.2) is 66.7 Å². The van der Waals surface area contributed by atoms with Gasteiger partial charge in [-0.05, 0) is 23.6 Å². The molecule has 5 nitrogen and oxygen atoms in total. The lowest BCUT2D eigenvalue weighted by Crippen LogP contribution is -2.38. The van der Waals surface area contributed by atoms with Crippen LogP contribution in [0.5, 0.6) is 5.75 Å². The Bertz CT molecular complexity index is 978. The first-order chi connectivity index (χ1) is 12.7. The number of nitrogens with one attached hydrogen (secondary N) is 1. The summed E-state index contributed by atoms with van der Waals surface area (Å²) in [6.45, 7) is 0.693. The van der Waals surface area contributed by atoms with Crippen molar-refractivity contribution in [3.05, 3.63) is 72.3 Å². The van der Waals surface area contributed by atoms with Crippen LogP contribution >= 0.6 is 0 Å². The highest BCUT2D eigenvalue weighted by Gasteiger charge is 2.25. The van der Waals surface area contributed by atoms with E-state index in [9.17, 15) is 9.59 Å². The Morgan fingerprint density at radius 3 is 2.62 bits per heavy atom. The third kappa shape index (κ3) is 2.99. The highest BCUT2D eigenvalue weighted by molar-refractivity contribution is 6.09. The third-order valence-electron chi connectivity index (χ3n) is 4.46. The van der Waals surface area contributed by atoms with Crippen LogP contribution in [0.3, 0.4) is 0 Å². The molecule has 4 rings (SSSR count). The topological polar surface area (TPSA) is 58.6 Å². The van der Waals surface area contributed by atoms with E-state index in [1.165, 1.54) is 0 Å². The van der Waals surface area contributed by atoms with Crippen LogP contribution < -0.4 is 15.0 Å². The van der Waals surface area contributed by atoms with Crippen LogP contribution in [0, 0.1) is 0 Å². The number of hydrogen-bond acceptors (Lipinski definition) is 3. The quantitative estimate of drug-likeness (QED) is 0.790. The number of anilines is 1. The maximum absolute atomic E-state index is 12.4. The van der Waals surface area contributed by atoms with Gasteiger partial charge in [0.1, 0.15) is 12.4 Å². The summed E-state index contributed by atoms with van der Waals surface area (Å²) in [5.74, 6) is 0.407. The summed E-state index contributed by atoms with van der Waals surface area (Å²) in [6, 6.07) is 21.0. The molecule has 5 heteroatoms. The molecule has 0 aromatic heterocycles. The van der Waals surface area contributed by atoms with Crippen LogP contribution in [0.4, 0.5) is 5.69 Å². The summed E-state index contributed by atoms with van der Waals surface area (Å²) in [4.78, 5) is 26.2. The van der Waals surface area contributed by atoms with E-state index in [0.717, 1.165) is 16.5 Å². The first kappa shape index (κ1) is 16.1. The van der Waals surface area contributed by atoms with Gasteiger partial charge in [0, 0.05) is 5.39 Å². The van der Waals surface area contributed by atoms with Crippen LogP contribution in [0.25, 0.3) is 10.8 Å². The van der Waals surface area contributed by atoms with Crippen LogP contribution in [-0.2, 0) is 4.79 Å². The predicted molar refractivity (Wildman–Crippen MR) is 101 cm³/mol. The highest BCUT2D eigenvalue weighted by Crippen LogP contribution is 2.26. The summed E-state index contributed by atoms with van der Waals surface area (Å²) in [6.07, 6.45) is 0. The van der Waals surface area contributed by atoms with Gasteiger partial charge in [0.25, 0.3) is 5.91 Å². The molecule has 1 heterocycles. The summed E-state index contributed by atoms with van der Waals surface area (Å²) in [5, 5.41) is 4.79. The maximum Gasteiger partial charge on any atom is 0.253 e. The molecule has 0 radical (unpaired) electrons. The molecule has 0 fully saturated rings. The van der Waals surface area contributed by atoms with Gasteiger partial charge in [0.15, 0.2) is 0 Å². The zero-order chi connectivity index (χ0) is 17.9. The molecule has 130 valence electrons. The Morgan fingerprint density at radius 1 is 0.923 bits per heavy atom. The molecule has 0 atom stereocenters. The van der Waals surface area contributed by atoms with Crippen LogP contribution in [0.2, 0.25) is 0 Å². The Hall–Kier alpha value is -3.34. The fourth-order valence-corrected chi connectivity index (χ4v) is 3.20. The van der Waals surface area contributed by atoms with E-state index in [1.54, 1.807) is 23.1 Å². The average Bonchev–Trinajstić information content (AvgIpc) is 2.80. The van der Waals surface area contributed by atoms with Crippen molar-refractivity contribution >= 4 is 28.3 Å². The summed E-state index contributed by atoms with van der Waals surface area (Å²) >= 11 is 0. The molecule has 3 aromatic rings. The van der Waals surface area contributed by atoms with Gasteiger partial charge < -0.3 is 15.0 Å². The number of para-hydroxylation sites is 1. The van der Waals surface area contributed by atoms with E-state index < -0.39 is 0 Å². The predicted octanol–water partition coefficient (Wildman–Crippen LogP) is 3.00. The highest BCUT2D eigenvalue weighted by atomic mass is 16.5.